The average Bonchev–Trinajstić information content (AvgIpc) is 3.63. The van der Waals surface area contributed by atoms with Gasteiger partial charge in [-0.15, -0.1) is 11.3 Å². The number of hydrogen-bond donors (Lipinski definition) is 2. The molecule has 45 heavy (non-hydrogen) atoms. The van der Waals surface area contributed by atoms with E-state index >= 15 is 0 Å². The van der Waals surface area contributed by atoms with Crippen molar-refractivity contribution in [3.05, 3.63) is 70.9 Å². The van der Waals surface area contributed by atoms with E-state index < -0.39 is 11.8 Å². The van der Waals surface area contributed by atoms with Crippen molar-refractivity contribution in [1.29, 1.82) is 0 Å². The molecule has 0 radical (unpaired) electrons. The number of thiophene rings is 1. The number of carbonyl (C=O) groups is 2. The Morgan fingerprint density at radius 2 is 1.84 bits per heavy atom. The fraction of sp³-hybridized carbons (Fsp3) is 0.343. The van der Waals surface area contributed by atoms with Gasteiger partial charge in [0.25, 0.3) is 0 Å². The van der Waals surface area contributed by atoms with E-state index in [1.165, 1.54) is 30.9 Å². The Bertz CT molecular complexity index is 1920. The highest BCUT2D eigenvalue weighted by Crippen LogP contribution is 2.47. The maximum absolute atomic E-state index is 14.9. The van der Waals surface area contributed by atoms with E-state index in [9.17, 15) is 19.1 Å². The molecule has 1 saturated carbocycles. The number of fused-ring (bicyclic) bond motifs is 2. The number of rotatable bonds is 7. The largest absolute Gasteiger partial charge is 0.497 e. The number of nitrogens with zero attached hydrogens (tertiary/aromatic N) is 3. The lowest BCUT2D eigenvalue weighted by Crippen LogP contribution is -2.47. The molecule has 1 aliphatic heterocycles. The summed E-state index contributed by atoms with van der Waals surface area (Å²) in [5.74, 6) is -0.594. The van der Waals surface area contributed by atoms with Gasteiger partial charge in [0.2, 0.25) is 5.91 Å². The van der Waals surface area contributed by atoms with Gasteiger partial charge in [0.05, 0.1) is 34.2 Å². The van der Waals surface area contributed by atoms with Crippen LogP contribution in [0.4, 0.5) is 4.39 Å². The number of carboxylic acid groups (broad SMARTS) is 1. The number of ether oxygens (including phenoxy) is 1. The second kappa shape index (κ2) is 12.3. The first-order valence-electron chi connectivity index (χ1n) is 15.5. The summed E-state index contributed by atoms with van der Waals surface area (Å²) in [6, 6.07) is 16.3. The fourth-order valence-corrected chi connectivity index (χ4v) is 8.03. The molecule has 1 saturated heterocycles. The first-order chi connectivity index (χ1) is 21.9. The highest BCUT2D eigenvalue weighted by molar-refractivity contribution is 7.21. The first kappa shape index (κ1) is 29.4. The zero-order valence-electron chi connectivity index (χ0n) is 25.1. The van der Waals surface area contributed by atoms with Gasteiger partial charge in [0.1, 0.15) is 23.0 Å². The number of carboxylic acids is 1. The van der Waals surface area contributed by atoms with E-state index in [2.05, 4.69) is 16.0 Å². The molecule has 2 aromatic carbocycles. The third-order valence-electron chi connectivity index (χ3n) is 9.18. The van der Waals surface area contributed by atoms with Crippen LogP contribution in [0.5, 0.6) is 5.75 Å². The minimum Gasteiger partial charge on any atom is -0.497 e. The number of methoxy groups -OCH3 is 1. The number of amides is 1. The van der Waals surface area contributed by atoms with Gasteiger partial charge in [-0.25, -0.2) is 14.2 Å². The molecular weight excluding hydrogens is 591 g/mol. The number of nitrogens with one attached hydrogen (secondary N) is 1. The number of piperazine rings is 1. The molecule has 4 heterocycles. The molecule has 0 atom stereocenters. The van der Waals surface area contributed by atoms with Gasteiger partial charge in [-0.2, -0.15) is 0 Å². The predicted molar refractivity (Wildman–Crippen MR) is 175 cm³/mol. The monoisotopic (exact) mass is 626 g/mol. The van der Waals surface area contributed by atoms with E-state index in [1.54, 1.807) is 18.2 Å². The van der Waals surface area contributed by atoms with Crippen molar-refractivity contribution in [3.8, 4) is 28.3 Å². The van der Waals surface area contributed by atoms with Crippen molar-refractivity contribution in [2.75, 3.05) is 33.3 Å². The van der Waals surface area contributed by atoms with Crippen LogP contribution in [0.15, 0.2) is 54.6 Å². The smallest absolute Gasteiger partial charge is 0.345 e. The molecule has 0 unspecified atom stereocenters. The van der Waals surface area contributed by atoms with E-state index in [0.717, 1.165) is 76.7 Å². The highest BCUT2D eigenvalue weighted by Gasteiger charge is 2.30. The Morgan fingerprint density at radius 1 is 1.04 bits per heavy atom. The van der Waals surface area contributed by atoms with Gasteiger partial charge in [-0.05, 0) is 66.3 Å². The fourth-order valence-electron chi connectivity index (χ4n) is 6.90. The molecule has 0 spiro atoms. The highest BCUT2D eigenvalue weighted by atomic mass is 32.1. The minimum atomic E-state index is -0.951. The lowest BCUT2D eigenvalue weighted by atomic mass is 9.83. The van der Waals surface area contributed by atoms with Crippen LogP contribution in [0.3, 0.4) is 0 Å². The number of halogens is 1. The molecular formula is C35H35FN4O4S. The summed E-state index contributed by atoms with van der Waals surface area (Å²) in [5, 5.41) is 14.1. The van der Waals surface area contributed by atoms with Gasteiger partial charge in [-0.1, -0.05) is 31.4 Å². The summed E-state index contributed by atoms with van der Waals surface area (Å²) in [6.07, 6.45) is 5.51. The van der Waals surface area contributed by atoms with E-state index in [1.807, 2.05) is 29.2 Å². The lowest BCUT2D eigenvalue weighted by molar-refractivity contribution is -0.132. The Hall–Kier alpha value is -4.28. The van der Waals surface area contributed by atoms with E-state index in [0.29, 0.717) is 30.1 Å². The SMILES string of the molecule is COc1ccc(-c2ccc3cc(-c4c(C5CCCCC5)c5sc(C(=O)O)cc5n4CC(=O)N4CCNCC4)ccc3n2)c(F)c1. The van der Waals surface area contributed by atoms with Crippen molar-refractivity contribution in [2.24, 2.45) is 0 Å². The minimum absolute atomic E-state index is 0.0292. The summed E-state index contributed by atoms with van der Waals surface area (Å²) in [7, 11) is 1.51. The summed E-state index contributed by atoms with van der Waals surface area (Å²) in [6.45, 7) is 2.96. The zero-order valence-corrected chi connectivity index (χ0v) is 26.0. The van der Waals surface area contributed by atoms with Crippen molar-refractivity contribution >= 4 is 44.3 Å². The van der Waals surface area contributed by atoms with E-state index in [4.69, 9.17) is 9.72 Å². The second-order valence-electron chi connectivity index (χ2n) is 11.9. The normalized spacial score (nSPS) is 16.0. The Labute approximate surface area is 264 Å². The van der Waals surface area contributed by atoms with Gasteiger partial charge in [0.15, 0.2) is 0 Å². The number of pyridine rings is 1. The topological polar surface area (TPSA) is 96.7 Å². The molecule has 7 rings (SSSR count). The lowest BCUT2D eigenvalue weighted by Gasteiger charge is -2.28. The molecule has 2 N–H and O–H groups in total. The molecule has 2 fully saturated rings. The van der Waals surface area contributed by atoms with Crippen molar-refractivity contribution in [1.82, 2.24) is 19.8 Å². The molecule has 0 bridgehead atoms. The molecule has 5 aromatic rings. The molecule has 3 aromatic heterocycles. The molecule has 10 heteroatoms. The summed E-state index contributed by atoms with van der Waals surface area (Å²) >= 11 is 1.31. The molecule has 2 aliphatic rings. The first-order valence-corrected chi connectivity index (χ1v) is 16.4. The molecule has 1 amide bonds. The van der Waals surface area contributed by atoms with Crippen LogP contribution in [-0.2, 0) is 11.3 Å². The molecule has 232 valence electrons. The summed E-state index contributed by atoms with van der Waals surface area (Å²) in [5.41, 5.74) is 5.56. The molecule has 8 nitrogen and oxygen atoms in total. The van der Waals surface area contributed by atoms with Gasteiger partial charge in [-0.3, -0.25) is 4.79 Å². The van der Waals surface area contributed by atoms with Gasteiger partial charge >= 0.3 is 5.97 Å². The van der Waals surface area contributed by atoms with Crippen LogP contribution in [0.1, 0.15) is 53.3 Å². The standard InChI is InChI=1S/C35H35FN4O4S/c1-44-24-9-10-25(26(36)18-24)28-12-7-22-17-23(8-11-27(22)38-28)33-32(21-5-3-2-4-6-21)34-29(19-30(45-34)35(42)43)40(33)20-31(41)39-15-13-37-14-16-39/h7-12,17-19,21,37H,2-6,13-16,20H2,1H3,(H,42,43). The Morgan fingerprint density at radius 3 is 2.58 bits per heavy atom. The quantitative estimate of drug-likeness (QED) is 0.204. The van der Waals surface area contributed by atoms with E-state index in [-0.39, 0.29) is 23.2 Å². The third-order valence-corrected chi connectivity index (χ3v) is 10.3. The van der Waals surface area contributed by atoms with Crippen LogP contribution in [0, 0.1) is 5.82 Å². The third kappa shape index (κ3) is 5.57. The van der Waals surface area contributed by atoms with Crippen LogP contribution in [0.2, 0.25) is 0 Å². The van der Waals surface area contributed by atoms with Crippen LogP contribution in [-0.4, -0.2) is 64.7 Å². The average molecular weight is 627 g/mol. The van der Waals surface area contributed by atoms with Crippen molar-refractivity contribution in [2.45, 2.75) is 44.6 Å². The van der Waals surface area contributed by atoms with Crippen LogP contribution >= 0.6 is 11.3 Å². The van der Waals surface area contributed by atoms with Crippen LogP contribution < -0.4 is 10.1 Å². The summed E-state index contributed by atoms with van der Waals surface area (Å²) in [4.78, 5) is 32.8. The zero-order chi connectivity index (χ0) is 31.1. The maximum atomic E-state index is 14.9. The number of hydrogen-bond acceptors (Lipinski definition) is 6. The molecule has 1 aliphatic carbocycles. The van der Waals surface area contributed by atoms with Crippen molar-refractivity contribution in [3.63, 3.8) is 0 Å². The summed E-state index contributed by atoms with van der Waals surface area (Å²) < 4.78 is 23.0. The number of carbonyl (C=O) groups excluding carboxylic acids is 1. The predicted octanol–water partition coefficient (Wildman–Crippen LogP) is 6.91. The van der Waals surface area contributed by atoms with Crippen molar-refractivity contribution < 1.29 is 23.8 Å². The van der Waals surface area contributed by atoms with Gasteiger partial charge in [0, 0.05) is 43.2 Å². The van der Waals surface area contributed by atoms with Crippen LogP contribution in [0.25, 0.3) is 43.6 Å². The second-order valence-corrected chi connectivity index (χ2v) is 12.9. The maximum Gasteiger partial charge on any atom is 0.345 e. The number of aromatic nitrogens is 2. The Balaban J connectivity index is 1.37. The number of benzene rings is 2. The Kier molecular flexibility index (Phi) is 8.01. The van der Waals surface area contributed by atoms with Gasteiger partial charge < -0.3 is 24.6 Å². The number of aromatic carboxylic acids is 1.